The van der Waals surface area contributed by atoms with Crippen LogP contribution < -0.4 is 5.32 Å². The number of aromatic amines is 1. The maximum Gasteiger partial charge on any atom is 0.277 e. The van der Waals surface area contributed by atoms with Gasteiger partial charge in [-0.05, 0) is 41.4 Å². The first-order valence-corrected chi connectivity index (χ1v) is 10.7. The van der Waals surface area contributed by atoms with Crippen molar-refractivity contribution in [3.05, 3.63) is 74.2 Å². The molecule has 0 aliphatic heterocycles. The van der Waals surface area contributed by atoms with E-state index in [1.807, 2.05) is 12.3 Å². The number of anilines is 1. The number of hydrogen-bond donors (Lipinski definition) is 2. The van der Waals surface area contributed by atoms with Crippen LogP contribution in [0, 0.1) is 11.6 Å². The van der Waals surface area contributed by atoms with Gasteiger partial charge in [-0.3, -0.25) is 9.48 Å². The summed E-state index contributed by atoms with van der Waals surface area (Å²) >= 11 is 4.72. The summed E-state index contributed by atoms with van der Waals surface area (Å²) in [5, 5.41) is 18.6. The quantitative estimate of drug-likeness (QED) is 0.412. The molecule has 0 aliphatic carbocycles. The van der Waals surface area contributed by atoms with Gasteiger partial charge in [0.1, 0.15) is 15.4 Å². The van der Waals surface area contributed by atoms with Gasteiger partial charge in [-0.15, -0.1) is 11.3 Å². The van der Waals surface area contributed by atoms with Crippen LogP contribution in [-0.4, -0.2) is 36.1 Å². The predicted molar refractivity (Wildman–Crippen MR) is 114 cm³/mol. The van der Waals surface area contributed by atoms with E-state index in [9.17, 15) is 9.18 Å². The van der Waals surface area contributed by atoms with Crippen LogP contribution in [0.4, 0.5) is 14.5 Å². The molecule has 4 rings (SSSR count). The standard InChI is InChI=1S/C19H16BrF2N7OS/c1-19(10-6-24-29(2)8-10,18-26-15(20)9-31-18)5-11-12(21)3-4-13(16(11)22)25-17(30)14-7-23-28-27-14/h3-4,6-9H,5H2,1-2H3,(H,25,30)(H,23,27,28). The van der Waals surface area contributed by atoms with Gasteiger partial charge in [-0.25, -0.2) is 13.8 Å². The first-order chi connectivity index (χ1) is 14.8. The molecule has 0 radical (unpaired) electrons. The van der Waals surface area contributed by atoms with Crippen molar-refractivity contribution >= 4 is 38.9 Å². The van der Waals surface area contributed by atoms with E-state index in [4.69, 9.17) is 0 Å². The molecule has 160 valence electrons. The van der Waals surface area contributed by atoms with Gasteiger partial charge in [0, 0.05) is 29.8 Å². The summed E-state index contributed by atoms with van der Waals surface area (Å²) in [6, 6.07) is 2.30. The lowest BCUT2D eigenvalue weighted by atomic mass is 9.79. The van der Waals surface area contributed by atoms with Crippen LogP contribution in [0.15, 0.2) is 40.7 Å². The summed E-state index contributed by atoms with van der Waals surface area (Å²) in [5.74, 6) is -2.24. The van der Waals surface area contributed by atoms with Crippen LogP contribution in [-0.2, 0) is 18.9 Å². The third-order valence-corrected chi connectivity index (χ3v) is 6.72. The highest BCUT2D eigenvalue weighted by Crippen LogP contribution is 2.39. The van der Waals surface area contributed by atoms with Crippen LogP contribution in [0.25, 0.3) is 0 Å². The summed E-state index contributed by atoms with van der Waals surface area (Å²) in [6.45, 7) is 1.86. The fourth-order valence-electron chi connectivity index (χ4n) is 3.22. The van der Waals surface area contributed by atoms with Gasteiger partial charge in [0.05, 0.1) is 23.5 Å². The van der Waals surface area contributed by atoms with Crippen LogP contribution in [0.2, 0.25) is 0 Å². The second-order valence-electron chi connectivity index (χ2n) is 7.08. The Morgan fingerprint density at radius 3 is 2.77 bits per heavy atom. The Hall–Kier alpha value is -2.99. The number of rotatable bonds is 6. The monoisotopic (exact) mass is 507 g/mol. The fourth-order valence-corrected chi connectivity index (χ4v) is 4.66. The zero-order chi connectivity index (χ0) is 22.2. The number of carbonyl (C=O) groups excluding carboxylic acids is 1. The van der Waals surface area contributed by atoms with E-state index >= 15 is 4.39 Å². The number of aromatic nitrogens is 6. The number of carbonyl (C=O) groups is 1. The number of thiazole rings is 1. The van der Waals surface area contributed by atoms with Gasteiger partial charge >= 0.3 is 0 Å². The number of amides is 1. The third kappa shape index (κ3) is 4.12. The van der Waals surface area contributed by atoms with Crippen molar-refractivity contribution in [2.75, 3.05) is 5.32 Å². The van der Waals surface area contributed by atoms with E-state index in [2.05, 4.69) is 46.7 Å². The zero-order valence-electron chi connectivity index (χ0n) is 16.4. The molecule has 1 unspecified atom stereocenters. The Morgan fingerprint density at radius 1 is 1.35 bits per heavy atom. The van der Waals surface area contributed by atoms with Gasteiger partial charge in [-0.2, -0.15) is 20.5 Å². The first kappa shape index (κ1) is 21.2. The number of nitrogens with one attached hydrogen (secondary N) is 2. The van der Waals surface area contributed by atoms with E-state index < -0.39 is 23.0 Å². The molecule has 0 fully saturated rings. The van der Waals surface area contributed by atoms with E-state index in [0.717, 1.165) is 11.6 Å². The van der Waals surface area contributed by atoms with E-state index in [-0.39, 0.29) is 23.4 Å². The third-order valence-electron chi connectivity index (χ3n) is 4.90. The lowest BCUT2D eigenvalue weighted by Gasteiger charge is -2.27. The Morgan fingerprint density at radius 2 is 2.16 bits per heavy atom. The molecule has 0 saturated heterocycles. The van der Waals surface area contributed by atoms with Gasteiger partial charge in [0.25, 0.3) is 5.91 Å². The van der Waals surface area contributed by atoms with Crippen molar-refractivity contribution in [1.29, 1.82) is 0 Å². The molecule has 1 atom stereocenters. The molecule has 0 spiro atoms. The van der Waals surface area contributed by atoms with Crippen molar-refractivity contribution in [3.8, 4) is 0 Å². The molecule has 0 aliphatic rings. The molecular formula is C19H16BrF2N7OS. The van der Waals surface area contributed by atoms with Crippen LogP contribution >= 0.6 is 27.3 Å². The fraction of sp³-hybridized carbons (Fsp3) is 0.211. The molecule has 2 N–H and O–H groups in total. The average molecular weight is 508 g/mol. The summed E-state index contributed by atoms with van der Waals surface area (Å²) in [6.07, 6.45) is 4.62. The van der Waals surface area contributed by atoms with Crippen molar-refractivity contribution in [1.82, 2.24) is 30.2 Å². The molecule has 3 heterocycles. The second kappa shape index (κ2) is 8.27. The first-order valence-electron chi connectivity index (χ1n) is 9.02. The van der Waals surface area contributed by atoms with Gasteiger partial charge in [-0.1, -0.05) is 0 Å². The lowest BCUT2D eigenvalue weighted by Crippen LogP contribution is -2.27. The molecule has 12 heteroatoms. The van der Waals surface area contributed by atoms with Crippen molar-refractivity contribution < 1.29 is 13.6 Å². The normalized spacial score (nSPS) is 13.2. The second-order valence-corrected chi connectivity index (χ2v) is 8.75. The predicted octanol–water partition coefficient (Wildman–Crippen LogP) is 3.84. The Bertz CT molecular complexity index is 1200. The smallest absolute Gasteiger partial charge is 0.277 e. The lowest BCUT2D eigenvalue weighted by molar-refractivity contribution is 0.102. The molecule has 0 saturated carbocycles. The SMILES string of the molecule is Cn1cc(C(C)(Cc2c(F)ccc(NC(=O)c3cn[nH]n3)c2F)c2nc(Br)cs2)cn1. The molecular weight excluding hydrogens is 492 g/mol. The minimum absolute atomic E-state index is 0.0156. The van der Waals surface area contributed by atoms with Crippen LogP contribution in [0.5, 0.6) is 0 Å². The van der Waals surface area contributed by atoms with Gasteiger partial charge < -0.3 is 5.32 Å². The summed E-state index contributed by atoms with van der Waals surface area (Å²) in [5.41, 5.74) is -0.443. The van der Waals surface area contributed by atoms with Gasteiger partial charge in [0.15, 0.2) is 11.5 Å². The number of H-pyrrole nitrogens is 1. The molecule has 1 amide bonds. The average Bonchev–Trinajstić information content (AvgIpc) is 3.49. The van der Waals surface area contributed by atoms with Crippen molar-refractivity contribution in [2.45, 2.75) is 18.8 Å². The highest BCUT2D eigenvalue weighted by Gasteiger charge is 2.36. The number of nitrogens with zero attached hydrogens (tertiary/aromatic N) is 5. The van der Waals surface area contributed by atoms with E-state index in [1.54, 1.807) is 24.1 Å². The highest BCUT2D eigenvalue weighted by atomic mass is 79.9. The van der Waals surface area contributed by atoms with Crippen LogP contribution in [0.3, 0.4) is 0 Å². The maximum absolute atomic E-state index is 15.4. The maximum atomic E-state index is 15.4. The van der Waals surface area contributed by atoms with Crippen molar-refractivity contribution in [2.24, 2.45) is 7.05 Å². The summed E-state index contributed by atoms with van der Waals surface area (Å²) in [7, 11) is 1.77. The van der Waals surface area contributed by atoms with Crippen LogP contribution in [0.1, 0.15) is 33.5 Å². The van der Waals surface area contributed by atoms with Crippen molar-refractivity contribution in [3.63, 3.8) is 0 Å². The molecule has 31 heavy (non-hydrogen) atoms. The Kier molecular flexibility index (Phi) is 5.67. The molecule has 3 aromatic heterocycles. The zero-order valence-corrected chi connectivity index (χ0v) is 18.8. The minimum atomic E-state index is -0.860. The molecule has 1 aromatic carbocycles. The number of halogens is 3. The molecule has 8 nitrogen and oxygen atoms in total. The van der Waals surface area contributed by atoms with E-state index in [1.165, 1.54) is 23.6 Å². The number of aryl methyl sites for hydroxylation is 1. The Balaban J connectivity index is 1.74. The highest BCUT2D eigenvalue weighted by molar-refractivity contribution is 9.10. The molecule has 4 aromatic rings. The van der Waals surface area contributed by atoms with E-state index in [0.29, 0.717) is 9.61 Å². The summed E-state index contributed by atoms with van der Waals surface area (Å²) < 4.78 is 32.4. The summed E-state index contributed by atoms with van der Waals surface area (Å²) in [4.78, 5) is 16.7. The molecule has 0 bridgehead atoms. The van der Waals surface area contributed by atoms with Gasteiger partial charge in [0.2, 0.25) is 0 Å². The number of hydrogen-bond acceptors (Lipinski definition) is 6. The minimum Gasteiger partial charge on any atom is -0.318 e. The topological polar surface area (TPSA) is 101 Å². The largest absolute Gasteiger partial charge is 0.318 e. The number of benzene rings is 1. The Labute approximate surface area is 187 Å².